The number of nitrogens with zero attached hydrogens (tertiary/aromatic N) is 1. The molecule has 88 valence electrons. The molecule has 1 aromatic rings. The van der Waals surface area contributed by atoms with Gasteiger partial charge in [-0.3, -0.25) is 4.98 Å². The lowest BCUT2D eigenvalue weighted by atomic mass is 9.92. The highest BCUT2D eigenvalue weighted by Crippen LogP contribution is 2.33. The highest BCUT2D eigenvalue weighted by molar-refractivity contribution is 9.11. The van der Waals surface area contributed by atoms with Crippen LogP contribution < -0.4 is 0 Å². The summed E-state index contributed by atoms with van der Waals surface area (Å²) in [7, 11) is 0. The minimum absolute atomic E-state index is 0.249. The van der Waals surface area contributed by atoms with Crippen LogP contribution in [0.25, 0.3) is 0 Å². The van der Waals surface area contributed by atoms with E-state index in [1.54, 1.807) is 6.20 Å². The zero-order valence-corrected chi connectivity index (χ0v) is 11.9. The molecular formula is C11H13Br2NO2. The Kier molecular flexibility index (Phi) is 4.35. The number of aliphatic hydroxyl groups excluding tert-OH is 1. The second-order valence-electron chi connectivity index (χ2n) is 3.92. The molecular weight excluding hydrogens is 338 g/mol. The van der Waals surface area contributed by atoms with Gasteiger partial charge in [0.2, 0.25) is 0 Å². The summed E-state index contributed by atoms with van der Waals surface area (Å²) in [6, 6.07) is 1.91. The van der Waals surface area contributed by atoms with Crippen molar-refractivity contribution in [3.63, 3.8) is 0 Å². The Balaban J connectivity index is 2.15. The predicted octanol–water partition coefficient (Wildman–Crippen LogP) is 3.07. The van der Waals surface area contributed by atoms with E-state index < -0.39 is 6.10 Å². The Hall–Kier alpha value is 0.0300. The zero-order chi connectivity index (χ0) is 11.5. The van der Waals surface area contributed by atoms with Crippen LogP contribution in [0, 0.1) is 5.92 Å². The molecule has 0 spiro atoms. The molecule has 5 heteroatoms. The normalized spacial score (nSPS) is 19.7. The first-order valence-electron chi connectivity index (χ1n) is 5.25. The molecule has 0 bridgehead atoms. The van der Waals surface area contributed by atoms with Crippen LogP contribution in [-0.2, 0) is 4.74 Å². The van der Waals surface area contributed by atoms with Crippen molar-refractivity contribution < 1.29 is 9.84 Å². The third-order valence-electron chi connectivity index (χ3n) is 2.83. The van der Waals surface area contributed by atoms with E-state index in [1.165, 1.54) is 0 Å². The van der Waals surface area contributed by atoms with Crippen LogP contribution in [0.4, 0.5) is 0 Å². The first-order chi connectivity index (χ1) is 7.68. The lowest BCUT2D eigenvalue weighted by Crippen LogP contribution is -2.22. The second kappa shape index (κ2) is 5.58. The largest absolute Gasteiger partial charge is 0.386 e. The molecule has 1 fully saturated rings. The minimum Gasteiger partial charge on any atom is -0.386 e. The first-order valence-corrected chi connectivity index (χ1v) is 6.84. The van der Waals surface area contributed by atoms with Gasteiger partial charge < -0.3 is 9.84 Å². The van der Waals surface area contributed by atoms with Crippen molar-refractivity contribution in [2.45, 2.75) is 18.9 Å². The molecule has 2 rings (SSSR count). The Bertz CT molecular complexity index is 367. The molecule has 1 aliphatic rings. The smallest absolute Gasteiger partial charge is 0.100 e. The van der Waals surface area contributed by atoms with Gasteiger partial charge in [0.15, 0.2) is 0 Å². The molecule has 0 radical (unpaired) electrons. The first kappa shape index (κ1) is 12.5. The second-order valence-corrected chi connectivity index (χ2v) is 5.69. The quantitative estimate of drug-likeness (QED) is 0.891. The molecule has 1 atom stereocenters. The van der Waals surface area contributed by atoms with Crippen LogP contribution in [0.1, 0.15) is 24.6 Å². The summed E-state index contributed by atoms with van der Waals surface area (Å²) < 4.78 is 7.04. The van der Waals surface area contributed by atoms with Gasteiger partial charge in [-0.2, -0.15) is 0 Å². The van der Waals surface area contributed by atoms with Crippen LogP contribution in [0.3, 0.4) is 0 Å². The summed E-state index contributed by atoms with van der Waals surface area (Å²) in [5, 5.41) is 10.3. The fourth-order valence-corrected chi connectivity index (χ4v) is 3.12. The van der Waals surface area contributed by atoms with Gasteiger partial charge in [-0.25, -0.2) is 0 Å². The monoisotopic (exact) mass is 349 g/mol. The Morgan fingerprint density at radius 2 is 2.06 bits per heavy atom. The summed E-state index contributed by atoms with van der Waals surface area (Å²) in [6.45, 7) is 1.46. The van der Waals surface area contributed by atoms with E-state index in [0.29, 0.717) is 0 Å². The molecule has 0 amide bonds. The van der Waals surface area contributed by atoms with E-state index in [4.69, 9.17) is 4.74 Å². The van der Waals surface area contributed by atoms with Gasteiger partial charge in [-0.05, 0) is 56.7 Å². The summed E-state index contributed by atoms with van der Waals surface area (Å²) in [5.41, 5.74) is 0.718. The van der Waals surface area contributed by atoms with Crippen LogP contribution >= 0.6 is 31.9 Å². The molecule has 1 unspecified atom stereocenters. The van der Waals surface area contributed by atoms with Gasteiger partial charge in [0, 0.05) is 28.4 Å². The topological polar surface area (TPSA) is 42.4 Å². The Morgan fingerprint density at radius 1 is 1.38 bits per heavy atom. The van der Waals surface area contributed by atoms with E-state index >= 15 is 0 Å². The van der Waals surface area contributed by atoms with Crippen molar-refractivity contribution in [1.82, 2.24) is 4.98 Å². The third-order valence-corrected chi connectivity index (χ3v) is 3.90. The van der Waals surface area contributed by atoms with Crippen molar-refractivity contribution in [2.24, 2.45) is 5.92 Å². The number of hydrogen-bond acceptors (Lipinski definition) is 3. The van der Waals surface area contributed by atoms with Crippen LogP contribution in [-0.4, -0.2) is 23.3 Å². The fraction of sp³-hybridized carbons (Fsp3) is 0.545. The molecule has 2 heterocycles. The standard InChI is InChI=1S/C11H13Br2NO2/c12-8-5-9(13)10(14-6-8)11(15)7-1-3-16-4-2-7/h5-7,11,15H,1-4H2. The average molecular weight is 351 g/mol. The SMILES string of the molecule is OC(c1ncc(Br)cc1Br)C1CCOCC1. The van der Waals surface area contributed by atoms with Crippen molar-refractivity contribution in [3.05, 3.63) is 26.9 Å². The Labute approximate surface area is 111 Å². The minimum atomic E-state index is -0.508. The molecule has 0 saturated carbocycles. The fourth-order valence-electron chi connectivity index (χ4n) is 1.90. The van der Waals surface area contributed by atoms with E-state index in [0.717, 1.165) is 40.7 Å². The third kappa shape index (κ3) is 2.83. The van der Waals surface area contributed by atoms with E-state index in [9.17, 15) is 5.11 Å². The number of rotatable bonds is 2. The summed E-state index contributed by atoms with van der Waals surface area (Å²) in [4.78, 5) is 4.27. The van der Waals surface area contributed by atoms with Crippen LogP contribution in [0.15, 0.2) is 21.2 Å². The van der Waals surface area contributed by atoms with E-state index in [1.807, 2.05) is 6.07 Å². The number of hydrogen-bond donors (Lipinski definition) is 1. The maximum Gasteiger partial charge on any atom is 0.100 e. The highest BCUT2D eigenvalue weighted by atomic mass is 79.9. The van der Waals surface area contributed by atoms with Gasteiger partial charge in [0.1, 0.15) is 6.10 Å². The zero-order valence-electron chi connectivity index (χ0n) is 8.70. The van der Waals surface area contributed by atoms with Crippen molar-refractivity contribution in [3.8, 4) is 0 Å². The summed E-state index contributed by atoms with van der Waals surface area (Å²) >= 11 is 6.78. The molecule has 0 aliphatic carbocycles. The number of aromatic nitrogens is 1. The van der Waals surface area contributed by atoms with E-state index in [2.05, 4.69) is 36.8 Å². The molecule has 1 aromatic heterocycles. The average Bonchev–Trinajstić information content (AvgIpc) is 2.29. The van der Waals surface area contributed by atoms with Gasteiger partial charge in [0.05, 0.1) is 5.69 Å². The van der Waals surface area contributed by atoms with Gasteiger partial charge >= 0.3 is 0 Å². The molecule has 1 N–H and O–H groups in total. The number of ether oxygens (including phenoxy) is 1. The summed E-state index contributed by atoms with van der Waals surface area (Å²) in [6.07, 6.45) is 2.99. The Morgan fingerprint density at radius 3 is 2.69 bits per heavy atom. The lowest BCUT2D eigenvalue weighted by Gasteiger charge is -2.26. The number of pyridine rings is 1. The maximum absolute atomic E-state index is 10.3. The predicted molar refractivity (Wildman–Crippen MR) is 68.1 cm³/mol. The highest BCUT2D eigenvalue weighted by Gasteiger charge is 2.25. The van der Waals surface area contributed by atoms with Gasteiger partial charge in [-0.1, -0.05) is 0 Å². The van der Waals surface area contributed by atoms with Gasteiger partial charge in [-0.15, -0.1) is 0 Å². The van der Waals surface area contributed by atoms with Crippen molar-refractivity contribution >= 4 is 31.9 Å². The number of halogens is 2. The molecule has 1 saturated heterocycles. The summed E-state index contributed by atoms with van der Waals surface area (Å²) in [5.74, 6) is 0.249. The molecule has 0 aromatic carbocycles. The molecule has 3 nitrogen and oxygen atoms in total. The lowest BCUT2D eigenvalue weighted by molar-refractivity contribution is 0.00528. The number of aliphatic hydroxyl groups is 1. The van der Waals surface area contributed by atoms with Crippen molar-refractivity contribution in [1.29, 1.82) is 0 Å². The molecule has 16 heavy (non-hydrogen) atoms. The van der Waals surface area contributed by atoms with Crippen molar-refractivity contribution in [2.75, 3.05) is 13.2 Å². The molecule has 1 aliphatic heterocycles. The van der Waals surface area contributed by atoms with Gasteiger partial charge in [0.25, 0.3) is 0 Å². The van der Waals surface area contributed by atoms with Crippen LogP contribution in [0.5, 0.6) is 0 Å². The van der Waals surface area contributed by atoms with Crippen LogP contribution in [0.2, 0.25) is 0 Å². The van der Waals surface area contributed by atoms with E-state index in [-0.39, 0.29) is 5.92 Å². The maximum atomic E-state index is 10.3.